The van der Waals surface area contributed by atoms with E-state index in [4.69, 9.17) is 0 Å². The number of carbonyl (C=O) groups is 1. The van der Waals surface area contributed by atoms with E-state index in [1.165, 1.54) is 17.7 Å². The second-order valence-electron chi connectivity index (χ2n) is 4.90. The molecule has 2 aliphatic rings. The van der Waals surface area contributed by atoms with E-state index in [9.17, 15) is 4.79 Å². The van der Waals surface area contributed by atoms with Crippen molar-refractivity contribution in [1.82, 2.24) is 10.2 Å². The highest BCUT2D eigenvalue weighted by molar-refractivity contribution is 7.10. The number of nitrogens with one attached hydrogen (secondary N) is 1. The van der Waals surface area contributed by atoms with Gasteiger partial charge < -0.3 is 4.90 Å². The Balaban J connectivity index is 1.84. The van der Waals surface area contributed by atoms with Gasteiger partial charge in [0, 0.05) is 10.9 Å². The highest BCUT2D eigenvalue weighted by Crippen LogP contribution is 2.39. The Morgan fingerprint density at radius 3 is 2.94 bits per heavy atom. The Morgan fingerprint density at radius 2 is 2.35 bits per heavy atom. The molecule has 1 saturated carbocycles. The molecule has 0 aromatic carbocycles. The van der Waals surface area contributed by atoms with Crippen LogP contribution in [0.1, 0.15) is 43.6 Å². The molecular formula is C13H18N2OS. The third kappa shape index (κ3) is 2.00. The van der Waals surface area contributed by atoms with Gasteiger partial charge in [-0.25, -0.2) is 0 Å². The summed E-state index contributed by atoms with van der Waals surface area (Å²) in [7, 11) is 0. The molecule has 4 heteroatoms. The lowest BCUT2D eigenvalue weighted by Crippen LogP contribution is -2.32. The van der Waals surface area contributed by atoms with Crippen LogP contribution in [0.2, 0.25) is 0 Å². The molecule has 1 saturated heterocycles. The van der Waals surface area contributed by atoms with Gasteiger partial charge in [-0.2, -0.15) is 0 Å². The number of hydrogen-bond donors (Lipinski definition) is 1. The topological polar surface area (TPSA) is 32.3 Å². The molecule has 92 valence electrons. The van der Waals surface area contributed by atoms with Crippen LogP contribution in [0, 0.1) is 0 Å². The quantitative estimate of drug-likeness (QED) is 0.890. The molecule has 1 aromatic heterocycles. The molecule has 1 aliphatic carbocycles. The standard InChI is InChI=1S/C13H18N2OS/c1-2-4-10-13(16)15(9-6-7-9)12(14-10)11-5-3-8-17-11/h3,5,8-10,12,14H,2,4,6-7H2,1H3. The number of rotatable bonds is 4. The van der Waals surface area contributed by atoms with E-state index in [-0.39, 0.29) is 12.2 Å². The lowest BCUT2D eigenvalue weighted by molar-refractivity contribution is -0.130. The molecule has 0 radical (unpaired) electrons. The van der Waals surface area contributed by atoms with Gasteiger partial charge in [-0.15, -0.1) is 11.3 Å². The summed E-state index contributed by atoms with van der Waals surface area (Å²) in [5.41, 5.74) is 0. The van der Waals surface area contributed by atoms with E-state index in [2.05, 4.69) is 34.7 Å². The van der Waals surface area contributed by atoms with Gasteiger partial charge in [0.25, 0.3) is 0 Å². The van der Waals surface area contributed by atoms with Crippen LogP contribution in [-0.2, 0) is 4.79 Å². The highest BCUT2D eigenvalue weighted by atomic mass is 32.1. The summed E-state index contributed by atoms with van der Waals surface area (Å²) in [4.78, 5) is 15.7. The SMILES string of the molecule is CCCC1NC(c2cccs2)N(C2CC2)C1=O. The van der Waals surface area contributed by atoms with Crippen LogP contribution >= 0.6 is 11.3 Å². The summed E-state index contributed by atoms with van der Waals surface area (Å²) in [6.45, 7) is 2.13. The zero-order valence-corrected chi connectivity index (χ0v) is 10.9. The lowest BCUT2D eigenvalue weighted by Gasteiger charge is -2.22. The van der Waals surface area contributed by atoms with Crippen LogP contribution in [-0.4, -0.2) is 22.9 Å². The lowest BCUT2D eigenvalue weighted by atomic mass is 10.2. The van der Waals surface area contributed by atoms with Gasteiger partial charge >= 0.3 is 0 Å². The smallest absolute Gasteiger partial charge is 0.241 e. The molecule has 2 atom stereocenters. The highest BCUT2D eigenvalue weighted by Gasteiger charge is 2.46. The van der Waals surface area contributed by atoms with Gasteiger partial charge in [0.05, 0.1) is 6.04 Å². The van der Waals surface area contributed by atoms with Crippen LogP contribution in [0.5, 0.6) is 0 Å². The molecular weight excluding hydrogens is 232 g/mol. The third-order valence-electron chi connectivity index (χ3n) is 3.52. The number of thiophene rings is 1. The average Bonchev–Trinajstić information content (AvgIpc) is 2.90. The van der Waals surface area contributed by atoms with Crippen molar-refractivity contribution in [2.24, 2.45) is 0 Å². The van der Waals surface area contributed by atoms with Crippen LogP contribution in [0.3, 0.4) is 0 Å². The Kier molecular flexibility index (Phi) is 2.92. The van der Waals surface area contributed by atoms with E-state index in [1.807, 2.05) is 0 Å². The predicted molar refractivity (Wildman–Crippen MR) is 68.8 cm³/mol. The minimum absolute atomic E-state index is 0.0349. The van der Waals surface area contributed by atoms with Crippen LogP contribution in [0.15, 0.2) is 17.5 Å². The Morgan fingerprint density at radius 1 is 1.53 bits per heavy atom. The molecule has 3 nitrogen and oxygen atoms in total. The average molecular weight is 250 g/mol. The first-order valence-electron chi connectivity index (χ1n) is 6.43. The fourth-order valence-electron chi connectivity index (χ4n) is 2.55. The molecule has 1 aromatic rings. The van der Waals surface area contributed by atoms with Crippen molar-refractivity contribution < 1.29 is 4.79 Å². The molecule has 1 aliphatic heterocycles. The first kappa shape index (κ1) is 11.2. The van der Waals surface area contributed by atoms with Gasteiger partial charge in [0.2, 0.25) is 5.91 Å². The molecule has 0 spiro atoms. The first-order chi connectivity index (χ1) is 8.31. The maximum absolute atomic E-state index is 12.4. The number of nitrogens with zero attached hydrogens (tertiary/aromatic N) is 1. The Bertz CT molecular complexity index is 400. The Hall–Kier alpha value is -0.870. The van der Waals surface area contributed by atoms with Crippen molar-refractivity contribution >= 4 is 17.2 Å². The van der Waals surface area contributed by atoms with Crippen LogP contribution in [0.25, 0.3) is 0 Å². The second kappa shape index (κ2) is 4.42. The van der Waals surface area contributed by atoms with E-state index < -0.39 is 0 Å². The maximum Gasteiger partial charge on any atom is 0.241 e. The molecule has 2 unspecified atom stereocenters. The Labute approximate surface area is 106 Å². The summed E-state index contributed by atoms with van der Waals surface area (Å²) in [6, 6.07) is 4.71. The van der Waals surface area contributed by atoms with Gasteiger partial charge in [0.1, 0.15) is 6.17 Å². The summed E-state index contributed by atoms with van der Waals surface area (Å²) in [6.07, 6.45) is 4.48. The summed E-state index contributed by atoms with van der Waals surface area (Å²) in [5.74, 6) is 0.313. The number of carbonyl (C=O) groups excluding carboxylic acids is 1. The van der Waals surface area contributed by atoms with Crippen molar-refractivity contribution in [2.75, 3.05) is 0 Å². The van der Waals surface area contributed by atoms with E-state index >= 15 is 0 Å². The maximum atomic E-state index is 12.4. The second-order valence-corrected chi connectivity index (χ2v) is 5.88. The monoisotopic (exact) mass is 250 g/mol. The molecule has 1 N–H and O–H groups in total. The van der Waals surface area contributed by atoms with Gasteiger partial charge in [-0.3, -0.25) is 10.1 Å². The third-order valence-corrected chi connectivity index (χ3v) is 4.44. The molecule has 1 amide bonds. The van der Waals surface area contributed by atoms with Gasteiger partial charge in [-0.05, 0) is 30.7 Å². The minimum atomic E-state index is 0.0349. The van der Waals surface area contributed by atoms with Crippen molar-refractivity contribution in [2.45, 2.75) is 50.9 Å². The fourth-order valence-corrected chi connectivity index (χ4v) is 3.34. The van der Waals surface area contributed by atoms with E-state index in [0.717, 1.165) is 12.8 Å². The van der Waals surface area contributed by atoms with Crippen molar-refractivity contribution in [3.63, 3.8) is 0 Å². The minimum Gasteiger partial charge on any atom is -0.318 e. The zero-order valence-electron chi connectivity index (χ0n) is 10.1. The van der Waals surface area contributed by atoms with E-state index in [1.54, 1.807) is 11.3 Å². The summed E-state index contributed by atoms with van der Waals surface area (Å²) >= 11 is 1.73. The van der Waals surface area contributed by atoms with Gasteiger partial charge in [-0.1, -0.05) is 19.4 Å². The predicted octanol–water partition coefficient (Wildman–Crippen LogP) is 2.51. The molecule has 0 bridgehead atoms. The number of amides is 1. The van der Waals surface area contributed by atoms with Gasteiger partial charge in [0.15, 0.2) is 0 Å². The molecule has 2 fully saturated rings. The number of hydrogen-bond acceptors (Lipinski definition) is 3. The van der Waals surface area contributed by atoms with Crippen LogP contribution < -0.4 is 5.32 Å². The zero-order chi connectivity index (χ0) is 11.8. The van der Waals surface area contributed by atoms with Crippen LogP contribution in [0.4, 0.5) is 0 Å². The fraction of sp³-hybridized carbons (Fsp3) is 0.615. The summed E-state index contributed by atoms with van der Waals surface area (Å²) in [5, 5.41) is 5.59. The van der Waals surface area contributed by atoms with Crippen molar-refractivity contribution in [3.05, 3.63) is 22.4 Å². The normalized spacial score (nSPS) is 29.0. The summed E-state index contributed by atoms with van der Waals surface area (Å²) < 4.78 is 0. The van der Waals surface area contributed by atoms with Crippen molar-refractivity contribution in [3.8, 4) is 0 Å². The molecule has 17 heavy (non-hydrogen) atoms. The largest absolute Gasteiger partial charge is 0.318 e. The molecule has 2 heterocycles. The molecule has 3 rings (SSSR count). The van der Waals surface area contributed by atoms with E-state index in [0.29, 0.717) is 11.9 Å². The first-order valence-corrected chi connectivity index (χ1v) is 7.31. The van der Waals surface area contributed by atoms with Crippen molar-refractivity contribution in [1.29, 1.82) is 0 Å².